The summed E-state index contributed by atoms with van der Waals surface area (Å²) in [5, 5.41) is 2.76. The third-order valence-corrected chi connectivity index (χ3v) is 9.22. The second-order valence-electron chi connectivity index (χ2n) is 8.34. The van der Waals surface area contributed by atoms with Crippen molar-refractivity contribution < 1.29 is 21.6 Å². The molecule has 31 heavy (non-hydrogen) atoms. The van der Waals surface area contributed by atoms with Crippen LogP contribution in [0.1, 0.15) is 32.1 Å². The molecule has 0 radical (unpaired) electrons. The molecule has 1 aromatic rings. The second-order valence-corrected chi connectivity index (χ2v) is 12.3. The molecule has 1 aromatic carbocycles. The van der Waals surface area contributed by atoms with E-state index in [0.717, 1.165) is 31.9 Å². The Labute approximate surface area is 185 Å². The van der Waals surface area contributed by atoms with Gasteiger partial charge in [0.15, 0.2) is 9.84 Å². The lowest BCUT2D eigenvalue weighted by molar-refractivity contribution is -0.117. The average molecular weight is 473 g/mol. The van der Waals surface area contributed by atoms with E-state index in [4.69, 9.17) is 0 Å². The quantitative estimate of drug-likeness (QED) is 0.638. The van der Waals surface area contributed by atoms with Gasteiger partial charge in [0, 0.05) is 51.2 Å². The van der Waals surface area contributed by atoms with Crippen LogP contribution in [0.4, 0.5) is 5.69 Å². The van der Waals surface area contributed by atoms with Crippen LogP contribution in [0.25, 0.3) is 0 Å². The van der Waals surface area contributed by atoms with Gasteiger partial charge in [0.1, 0.15) is 0 Å². The molecule has 2 fully saturated rings. The van der Waals surface area contributed by atoms with E-state index in [1.54, 1.807) is 19.2 Å². The highest BCUT2D eigenvalue weighted by atomic mass is 32.2. The van der Waals surface area contributed by atoms with E-state index in [1.165, 1.54) is 27.2 Å². The lowest BCUT2D eigenvalue weighted by Gasteiger charge is -2.38. The van der Waals surface area contributed by atoms with Gasteiger partial charge in [-0.25, -0.2) is 8.42 Å². The lowest BCUT2D eigenvalue weighted by atomic mass is 9.96. The predicted octanol–water partition coefficient (Wildman–Crippen LogP) is 1.16. The molecular weight excluding hydrogens is 440 g/mol. The Balaban J connectivity index is 1.48. The fourth-order valence-corrected chi connectivity index (χ4v) is 6.33. The first-order chi connectivity index (χ1) is 14.6. The van der Waals surface area contributed by atoms with Crippen LogP contribution in [-0.2, 0) is 24.8 Å². The van der Waals surface area contributed by atoms with Crippen LogP contribution < -0.4 is 5.32 Å². The van der Waals surface area contributed by atoms with E-state index in [2.05, 4.69) is 5.32 Å². The number of hydrogen-bond donors (Lipinski definition) is 1. The first-order valence-electron chi connectivity index (χ1n) is 10.6. The molecule has 3 rings (SSSR count). The SMILES string of the molecule is CN(C1CCCCC1)S(=O)(=O)N1CCN(CC(=O)Nc2ccc(S(C)(=O)=O)cc2)CC1. The number of carbonyl (C=O) groups excluding carboxylic acids is 1. The molecule has 0 atom stereocenters. The van der Waals surface area contributed by atoms with Gasteiger partial charge in [0.05, 0.1) is 11.4 Å². The van der Waals surface area contributed by atoms with E-state index in [-0.39, 0.29) is 23.4 Å². The Morgan fingerprint density at radius 2 is 1.58 bits per heavy atom. The van der Waals surface area contributed by atoms with Crippen molar-refractivity contribution in [2.45, 2.75) is 43.0 Å². The molecule has 1 heterocycles. The van der Waals surface area contributed by atoms with Crippen LogP contribution in [0.3, 0.4) is 0 Å². The Hall–Kier alpha value is -1.53. The fourth-order valence-electron chi connectivity index (χ4n) is 4.12. The topological polar surface area (TPSA) is 107 Å². The minimum atomic E-state index is -3.49. The number of carbonyl (C=O) groups is 1. The summed E-state index contributed by atoms with van der Waals surface area (Å²) in [5.74, 6) is -0.220. The number of piperazine rings is 1. The van der Waals surface area contributed by atoms with Gasteiger partial charge in [-0.15, -0.1) is 0 Å². The van der Waals surface area contributed by atoms with E-state index in [1.807, 2.05) is 4.90 Å². The average Bonchev–Trinajstić information content (AvgIpc) is 2.74. The van der Waals surface area contributed by atoms with Gasteiger partial charge in [0.25, 0.3) is 10.2 Å². The highest BCUT2D eigenvalue weighted by molar-refractivity contribution is 7.90. The van der Waals surface area contributed by atoms with Crippen molar-refractivity contribution in [2.75, 3.05) is 51.3 Å². The molecule has 1 amide bonds. The molecule has 11 heteroatoms. The smallest absolute Gasteiger partial charge is 0.282 e. The van der Waals surface area contributed by atoms with Crippen molar-refractivity contribution in [1.29, 1.82) is 0 Å². The van der Waals surface area contributed by atoms with Crippen LogP contribution in [0.5, 0.6) is 0 Å². The number of hydrogen-bond acceptors (Lipinski definition) is 6. The van der Waals surface area contributed by atoms with Gasteiger partial charge in [-0.2, -0.15) is 17.0 Å². The van der Waals surface area contributed by atoms with Crippen molar-refractivity contribution in [1.82, 2.24) is 13.5 Å². The molecule has 9 nitrogen and oxygen atoms in total. The van der Waals surface area contributed by atoms with Crippen LogP contribution >= 0.6 is 0 Å². The normalized spacial score (nSPS) is 20.1. The van der Waals surface area contributed by atoms with Crippen LogP contribution in [-0.4, -0.2) is 88.3 Å². The predicted molar refractivity (Wildman–Crippen MR) is 120 cm³/mol. The third-order valence-electron chi connectivity index (χ3n) is 6.04. The Kier molecular flexibility index (Phi) is 7.74. The number of nitrogens with zero attached hydrogens (tertiary/aromatic N) is 3. The number of sulfone groups is 1. The molecule has 1 saturated heterocycles. The van der Waals surface area contributed by atoms with Crippen molar-refractivity contribution in [3.05, 3.63) is 24.3 Å². The minimum Gasteiger partial charge on any atom is -0.325 e. The summed E-state index contributed by atoms with van der Waals surface area (Å²) in [6.07, 6.45) is 6.29. The van der Waals surface area contributed by atoms with Crippen LogP contribution in [0.2, 0.25) is 0 Å². The summed E-state index contributed by atoms with van der Waals surface area (Å²) in [5.41, 5.74) is 0.521. The molecule has 1 saturated carbocycles. The van der Waals surface area contributed by atoms with E-state index >= 15 is 0 Å². The van der Waals surface area contributed by atoms with Gasteiger partial charge in [-0.05, 0) is 37.1 Å². The zero-order valence-corrected chi connectivity index (χ0v) is 19.8. The van der Waals surface area contributed by atoms with Gasteiger partial charge >= 0.3 is 0 Å². The number of amides is 1. The molecule has 0 unspecified atom stereocenters. The highest BCUT2D eigenvalue weighted by Gasteiger charge is 2.34. The van der Waals surface area contributed by atoms with Crippen LogP contribution in [0.15, 0.2) is 29.2 Å². The van der Waals surface area contributed by atoms with Gasteiger partial charge in [-0.1, -0.05) is 19.3 Å². The molecule has 0 bridgehead atoms. The van der Waals surface area contributed by atoms with Gasteiger partial charge in [0.2, 0.25) is 5.91 Å². The second kappa shape index (κ2) is 9.95. The first-order valence-corrected chi connectivity index (χ1v) is 13.9. The van der Waals surface area contributed by atoms with Crippen molar-refractivity contribution in [3.63, 3.8) is 0 Å². The Morgan fingerprint density at radius 1 is 1.00 bits per heavy atom. The number of rotatable bonds is 7. The maximum Gasteiger partial charge on any atom is 0.282 e. The molecular formula is C20H32N4O5S2. The summed E-state index contributed by atoms with van der Waals surface area (Å²) >= 11 is 0. The summed E-state index contributed by atoms with van der Waals surface area (Å²) in [6.45, 7) is 1.84. The molecule has 1 aliphatic heterocycles. The monoisotopic (exact) mass is 472 g/mol. The first kappa shape index (κ1) is 24.1. The van der Waals surface area contributed by atoms with Gasteiger partial charge < -0.3 is 5.32 Å². The molecule has 2 aliphatic rings. The summed E-state index contributed by atoms with van der Waals surface area (Å²) in [6, 6.07) is 6.10. The lowest BCUT2D eigenvalue weighted by Crippen LogP contribution is -2.55. The highest BCUT2D eigenvalue weighted by Crippen LogP contribution is 2.25. The van der Waals surface area contributed by atoms with E-state index in [0.29, 0.717) is 31.9 Å². The largest absolute Gasteiger partial charge is 0.325 e. The van der Waals surface area contributed by atoms with Crippen LogP contribution in [0, 0.1) is 0 Å². The Bertz CT molecular complexity index is 965. The summed E-state index contributed by atoms with van der Waals surface area (Å²) in [4.78, 5) is 14.5. The molecule has 174 valence electrons. The van der Waals surface area contributed by atoms with Gasteiger partial charge in [-0.3, -0.25) is 9.69 Å². The molecule has 0 aromatic heterocycles. The standard InChI is InChI=1S/C20H32N4O5S2/c1-22(18-6-4-3-5-7-18)31(28,29)24-14-12-23(13-15-24)16-20(25)21-17-8-10-19(11-9-17)30(2,26)27/h8-11,18H,3-7,12-16H2,1-2H3,(H,21,25). The maximum atomic E-state index is 13.0. The third kappa shape index (κ3) is 6.26. The van der Waals surface area contributed by atoms with Crippen molar-refractivity contribution in [3.8, 4) is 0 Å². The number of nitrogens with one attached hydrogen (secondary N) is 1. The van der Waals surface area contributed by atoms with E-state index in [9.17, 15) is 21.6 Å². The van der Waals surface area contributed by atoms with E-state index < -0.39 is 20.0 Å². The fraction of sp³-hybridized carbons (Fsp3) is 0.650. The zero-order chi connectivity index (χ0) is 22.6. The Morgan fingerprint density at radius 3 is 2.13 bits per heavy atom. The zero-order valence-electron chi connectivity index (χ0n) is 18.2. The summed E-state index contributed by atoms with van der Waals surface area (Å²) < 4.78 is 52.0. The van der Waals surface area contributed by atoms with Crippen molar-refractivity contribution >= 4 is 31.6 Å². The molecule has 1 N–H and O–H groups in total. The molecule has 1 aliphatic carbocycles. The van der Waals surface area contributed by atoms with Crippen molar-refractivity contribution in [2.24, 2.45) is 0 Å². The number of anilines is 1. The number of benzene rings is 1. The minimum absolute atomic E-state index is 0.0802. The molecule has 0 spiro atoms. The maximum absolute atomic E-state index is 13.0. The summed E-state index contributed by atoms with van der Waals surface area (Å²) in [7, 11) is -5.09.